The van der Waals surface area contributed by atoms with Crippen molar-refractivity contribution < 1.29 is 0 Å². The molecule has 96 valence electrons. The van der Waals surface area contributed by atoms with E-state index >= 15 is 0 Å². The Labute approximate surface area is 112 Å². The van der Waals surface area contributed by atoms with Gasteiger partial charge in [-0.3, -0.25) is 4.98 Å². The van der Waals surface area contributed by atoms with Crippen LogP contribution in [0.3, 0.4) is 0 Å². The first-order valence-electron chi connectivity index (χ1n) is 6.47. The highest BCUT2D eigenvalue weighted by Crippen LogP contribution is 2.21. The summed E-state index contributed by atoms with van der Waals surface area (Å²) in [6.07, 6.45) is 1.80. The van der Waals surface area contributed by atoms with Crippen molar-refractivity contribution in [2.24, 2.45) is 5.73 Å². The molecule has 0 saturated carbocycles. The number of aryl methyl sites for hydroxylation is 1. The highest BCUT2D eigenvalue weighted by atomic mass is 15.0. The number of fused-ring (bicyclic) bond motifs is 1. The first-order chi connectivity index (χ1) is 9.29. The minimum Gasteiger partial charge on any atom is -0.340 e. The van der Waals surface area contributed by atoms with E-state index in [4.69, 9.17) is 5.73 Å². The minimum atomic E-state index is 0.481. The van der Waals surface area contributed by atoms with Crippen LogP contribution in [-0.2, 0) is 13.1 Å². The highest BCUT2D eigenvalue weighted by molar-refractivity contribution is 5.81. The molecule has 0 spiro atoms. The van der Waals surface area contributed by atoms with Gasteiger partial charge in [-0.05, 0) is 36.1 Å². The molecule has 0 aliphatic rings. The maximum Gasteiger partial charge on any atom is 0.0589 e. The van der Waals surface area contributed by atoms with Gasteiger partial charge in [0.2, 0.25) is 0 Å². The third-order valence-corrected chi connectivity index (χ3v) is 3.52. The number of pyridine rings is 1. The van der Waals surface area contributed by atoms with Crippen molar-refractivity contribution in [1.82, 2.24) is 9.55 Å². The summed E-state index contributed by atoms with van der Waals surface area (Å²) in [5.41, 5.74) is 10.4. The number of para-hydroxylation sites is 1. The van der Waals surface area contributed by atoms with Gasteiger partial charge >= 0.3 is 0 Å². The number of rotatable bonds is 3. The molecule has 19 heavy (non-hydrogen) atoms. The van der Waals surface area contributed by atoms with Crippen LogP contribution in [0.15, 0.2) is 48.7 Å². The van der Waals surface area contributed by atoms with Gasteiger partial charge in [0, 0.05) is 30.5 Å². The molecule has 3 rings (SSSR count). The standard InChI is InChI=1S/C16H17N3/c1-12-9-13-5-2-3-7-16(13)19(12)11-14-6-4-8-18-15(14)10-17/h2-9H,10-11,17H2,1H3. The zero-order chi connectivity index (χ0) is 13.2. The Kier molecular flexibility index (Phi) is 3.05. The molecule has 3 heteroatoms. The lowest BCUT2D eigenvalue weighted by molar-refractivity contribution is 0.781. The van der Waals surface area contributed by atoms with Crippen molar-refractivity contribution in [3.63, 3.8) is 0 Å². The summed E-state index contributed by atoms with van der Waals surface area (Å²) >= 11 is 0. The highest BCUT2D eigenvalue weighted by Gasteiger charge is 2.08. The molecule has 0 amide bonds. The third kappa shape index (κ3) is 2.13. The molecule has 1 aromatic carbocycles. The van der Waals surface area contributed by atoms with Gasteiger partial charge < -0.3 is 10.3 Å². The monoisotopic (exact) mass is 251 g/mol. The molecule has 0 radical (unpaired) electrons. The lowest BCUT2D eigenvalue weighted by atomic mass is 10.2. The van der Waals surface area contributed by atoms with Gasteiger partial charge in [-0.25, -0.2) is 0 Å². The summed E-state index contributed by atoms with van der Waals surface area (Å²) in [4.78, 5) is 4.35. The van der Waals surface area contributed by atoms with Gasteiger partial charge in [-0.1, -0.05) is 24.3 Å². The number of hydrogen-bond acceptors (Lipinski definition) is 2. The van der Waals surface area contributed by atoms with Gasteiger partial charge in [-0.15, -0.1) is 0 Å². The molecule has 0 aliphatic heterocycles. The summed E-state index contributed by atoms with van der Waals surface area (Å²) in [5, 5.41) is 1.28. The fourth-order valence-corrected chi connectivity index (χ4v) is 2.53. The van der Waals surface area contributed by atoms with E-state index in [0.717, 1.165) is 12.2 Å². The SMILES string of the molecule is Cc1cc2ccccc2n1Cc1cccnc1CN. The summed E-state index contributed by atoms with van der Waals surface area (Å²) in [6.45, 7) is 3.44. The van der Waals surface area contributed by atoms with Crippen LogP contribution in [0.5, 0.6) is 0 Å². The lowest BCUT2D eigenvalue weighted by Crippen LogP contribution is -2.08. The second-order valence-electron chi connectivity index (χ2n) is 4.74. The molecule has 0 bridgehead atoms. The number of nitrogens with zero attached hydrogens (tertiary/aromatic N) is 2. The van der Waals surface area contributed by atoms with Crippen LogP contribution in [0.4, 0.5) is 0 Å². The van der Waals surface area contributed by atoms with E-state index in [1.165, 1.54) is 22.2 Å². The van der Waals surface area contributed by atoms with E-state index in [-0.39, 0.29) is 0 Å². The fraction of sp³-hybridized carbons (Fsp3) is 0.188. The first-order valence-corrected chi connectivity index (χ1v) is 6.47. The Bertz CT molecular complexity index is 713. The van der Waals surface area contributed by atoms with Crippen molar-refractivity contribution in [3.8, 4) is 0 Å². The Morgan fingerprint density at radius 3 is 2.84 bits per heavy atom. The molecule has 0 aliphatic carbocycles. The maximum absolute atomic E-state index is 5.76. The number of aromatic nitrogens is 2. The molecule has 0 unspecified atom stereocenters. The quantitative estimate of drug-likeness (QED) is 0.778. The first kappa shape index (κ1) is 11.9. The van der Waals surface area contributed by atoms with Crippen LogP contribution < -0.4 is 5.73 Å². The normalized spacial score (nSPS) is 11.1. The fourth-order valence-electron chi connectivity index (χ4n) is 2.53. The molecule has 3 aromatic rings. The van der Waals surface area contributed by atoms with Crippen molar-refractivity contribution in [2.75, 3.05) is 0 Å². The van der Waals surface area contributed by atoms with Crippen LogP contribution >= 0.6 is 0 Å². The van der Waals surface area contributed by atoms with E-state index in [1.54, 1.807) is 6.20 Å². The van der Waals surface area contributed by atoms with Crippen LogP contribution in [-0.4, -0.2) is 9.55 Å². The van der Waals surface area contributed by atoms with Gasteiger partial charge in [0.15, 0.2) is 0 Å². The molecule has 0 saturated heterocycles. The zero-order valence-electron chi connectivity index (χ0n) is 11.0. The second-order valence-corrected chi connectivity index (χ2v) is 4.74. The molecule has 2 aromatic heterocycles. The minimum absolute atomic E-state index is 0.481. The summed E-state index contributed by atoms with van der Waals surface area (Å²) in [6, 6.07) is 14.7. The molecule has 2 N–H and O–H groups in total. The summed E-state index contributed by atoms with van der Waals surface area (Å²) in [7, 11) is 0. The van der Waals surface area contributed by atoms with Gasteiger partial charge in [-0.2, -0.15) is 0 Å². The van der Waals surface area contributed by atoms with Crippen LogP contribution in [0, 0.1) is 6.92 Å². The average molecular weight is 251 g/mol. The summed E-state index contributed by atoms with van der Waals surface area (Å²) < 4.78 is 2.31. The Morgan fingerprint density at radius 2 is 2.00 bits per heavy atom. The lowest BCUT2D eigenvalue weighted by Gasteiger charge is -2.11. The van der Waals surface area contributed by atoms with Gasteiger partial charge in [0.05, 0.1) is 5.69 Å². The van der Waals surface area contributed by atoms with Crippen molar-refractivity contribution >= 4 is 10.9 Å². The topological polar surface area (TPSA) is 43.8 Å². The average Bonchev–Trinajstić information content (AvgIpc) is 2.76. The van der Waals surface area contributed by atoms with E-state index in [0.29, 0.717) is 6.54 Å². The predicted molar refractivity (Wildman–Crippen MR) is 77.9 cm³/mol. The zero-order valence-corrected chi connectivity index (χ0v) is 11.0. The predicted octanol–water partition coefficient (Wildman–Crippen LogP) is 2.85. The molecule has 0 fully saturated rings. The molecular weight excluding hydrogens is 234 g/mol. The van der Waals surface area contributed by atoms with E-state index in [2.05, 4.69) is 52.9 Å². The molecule has 3 nitrogen and oxygen atoms in total. The smallest absolute Gasteiger partial charge is 0.0589 e. The third-order valence-electron chi connectivity index (χ3n) is 3.52. The van der Waals surface area contributed by atoms with Crippen LogP contribution in [0.1, 0.15) is 17.0 Å². The van der Waals surface area contributed by atoms with Gasteiger partial charge in [0.25, 0.3) is 0 Å². The van der Waals surface area contributed by atoms with E-state index in [9.17, 15) is 0 Å². The largest absolute Gasteiger partial charge is 0.340 e. The number of benzene rings is 1. The number of hydrogen-bond donors (Lipinski definition) is 1. The molecular formula is C16H17N3. The van der Waals surface area contributed by atoms with Crippen molar-refractivity contribution in [2.45, 2.75) is 20.0 Å². The Hall–Kier alpha value is -2.13. The van der Waals surface area contributed by atoms with Crippen LogP contribution in [0.2, 0.25) is 0 Å². The van der Waals surface area contributed by atoms with E-state index < -0.39 is 0 Å². The maximum atomic E-state index is 5.76. The Balaban J connectivity index is 2.08. The van der Waals surface area contributed by atoms with E-state index in [1.807, 2.05) is 6.07 Å². The molecule has 2 heterocycles. The number of nitrogens with two attached hydrogens (primary N) is 1. The van der Waals surface area contributed by atoms with Crippen molar-refractivity contribution in [3.05, 3.63) is 65.6 Å². The van der Waals surface area contributed by atoms with Crippen molar-refractivity contribution in [1.29, 1.82) is 0 Å². The molecule has 0 atom stereocenters. The van der Waals surface area contributed by atoms with Crippen LogP contribution in [0.25, 0.3) is 10.9 Å². The Morgan fingerprint density at radius 1 is 1.16 bits per heavy atom. The second kappa shape index (κ2) is 4.86. The van der Waals surface area contributed by atoms with Gasteiger partial charge in [0.1, 0.15) is 0 Å². The summed E-state index contributed by atoms with van der Waals surface area (Å²) in [5.74, 6) is 0.